The highest BCUT2D eigenvalue weighted by Crippen LogP contribution is 2.66. The van der Waals surface area contributed by atoms with Gasteiger partial charge in [-0.05, 0) is 24.6 Å². The lowest BCUT2D eigenvalue weighted by atomic mass is 9.84. The first kappa shape index (κ1) is 20.1. The van der Waals surface area contributed by atoms with Gasteiger partial charge in [-0.15, -0.1) is 10.8 Å². The maximum absolute atomic E-state index is 13.3. The fourth-order valence-corrected chi connectivity index (χ4v) is 7.08. The van der Waals surface area contributed by atoms with Gasteiger partial charge in [-0.1, -0.05) is 0 Å². The predicted octanol–water partition coefficient (Wildman–Crippen LogP) is 3.20. The van der Waals surface area contributed by atoms with Crippen molar-refractivity contribution in [3.05, 3.63) is 29.3 Å². The van der Waals surface area contributed by atoms with Gasteiger partial charge >= 0.3 is 12.3 Å². The van der Waals surface area contributed by atoms with Gasteiger partial charge in [0.05, 0.1) is 41.1 Å². The third-order valence-electron chi connectivity index (χ3n) is 5.98. The molecule has 3 saturated heterocycles. The van der Waals surface area contributed by atoms with Crippen LogP contribution < -0.4 is 4.31 Å². The number of halogens is 3. The van der Waals surface area contributed by atoms with Crippen LogP contribution in [0.2, 0.25) is 0 Å². The number of amides is 1. The lowest BCUT2D eigenvalue weighted by Gasteiger charge is -2.44. The SMILES string of the molecule is CN(C(=O)O)[C@H]1C[C@@H]2O[C@H]1[C@H]1CN(c3ccc(C#N)c(C(F)(F)F)c3)S(O)(O)[C@H]12. The number of carboxylic acid groups (broad SMARTS) is 1. The van der Waals surface area contributed by atoms with E-state index in [2.05, 4.69) is 0 Å². The Labute approximate surface area is 165 Å². The first-order valence-electron chi connectivity index (χ1n) is 8.74. The molecule has 3 fully saturated rings. The number of fused-ring (bicyclic) bond motifs is 5. The molecule has 29 heavy (non-hydrogen) atoms. The minimum absolute atomic E-state index is 0.0152. The molecule has 158 valence electrons. The first-order chi connectivity index (χ1) is 13.5. The van der Waals surface area contributed by atoms with Crippen LogP contribution in [0.15, 0.2) is 18.2 Å². The van der Waals surface area contributed by atoms with E-state index < -0.39 is 63.6 Å². The number of ether oxygens (including phenoxy) is 1. The molecule has 5 atom stereocenters. The number of hydrogen-bond acceptors (Lipinski definition) is 6. The zero-order valence-electron chi connectivity index (χ0n) is 15.1. The number of hydrogen-bond donors (Lipinski definition) is 3. The summed E-state index contributed by atoms with van der Waals surface area (Å²) in [5.41, 5.74) is -1.75. The zero-order valence-corrected chi connectivity index (χ0v) is 15.9. The molecule has 0 aromatic heterocycles. The van der Waals surface area contributed by atoms with Crippen LogP contribution in [0, 0.1) is 17.2 Å². The molecular weight excluding hydrogens is 415 g/mol. The third-order valence-corrected chi connectivity index (χ3v) is 8.37. The standard InChI is InChI=1S/C17H18F3N3O5S/c1-22(16(24)25)12-5-13-15-10(14(12)28-13)7-23(29(15,26)27)9-3-2-8(6-21)11(4-9)17(18,19)20/h2-4,10,12-15,26-27H,5,7H2,1H3,(H,24,25)/t10-,12+,13+,14+,15-/m1/s1. The predicted molar refractivity (Wildman–Crippen MR) is 96.5 cm³/mol. The Morgan fingerprint density at radius 3 is 2.69 bits per heavy atom. The Hall–Kier alpha value is -2.20. The number of anilines is 1. The topological polar surface area (TPSA) is 117 Å². The summed E-state index contributed by atoms with van der Waals surface area (Å²) in [4.78, 5) is 12.4. The molecule has 0 aliphatic carbocycles. The van der Waals surface area contributed by atoms with Gasteiger partial charge in [0.15, 0.2) is 0 Å². The van der Waals surface area contributed by atoms with Crippen LogP contribution in [-0.4, -0.2) is 62.3 Å². The molecule has 2 bridgehead atoms. The fourth-order valence-electron chi connectivity index (χ4n) is 4.68. The fraction of sp³-hybridized carbons (Fsp3) is 0.529. The molecule has 4 rings (SSSR count). The number of nitrogens with zero attached hydrogens (tertiary/aromatic N) is 3. The summed E-state index contributed by atoms with van der Waals surface area (Å²) in [7, 11) is -2.10. The normalized spacial score (nSPS) is 33.3. The van der Waals surface area contributed by atoms with Crippen LogP contribution in [0.25, 0.3) is 0 Å². The Balaban J connectivity index is 1.67. The molecule has 3 heterocycles. The van der Waals surface area contributed by atoms with Crippen LogP contribution >= 0.6 is 10.8 Å². The molecular formula is C17H18F3N3O5S. The van der Waals surface area contributed by atoms with Gasteiger partial charge in [-0.2, -0.15) is 18.4 Å². The van der Waals surface area contributed by atoms with E-state index in [0.29, 0.717) is 6.42 Å². The van der Waals surface area contributed by atoms with Crippen molar-refractivity contribution in [2.45, 2.75) is 36.1 Å². The molecule has 0 spiro atoms. The zero-order chi connectivity index (χ0) is 21.3. The van der Waals surface area contributed by atoms with Gasteiger partial charge in [0, 0.05) is 19.5 Å². The van der Waals surface area contributed by atoms with Crippen molar-refractivity contribution < 1.29 is 36.9 Å². The molecule has 1 amide bonds. The van der Waals surface area contributed by atoms with E-state index in [1.54, 1.807) is 0 Å². The van der Waals surface area contributed by atoms with Gasteiger partial charge in [-0.25, -0.2) is 4.79 Å². The minimum Gasteiger partial charge on any atom is -0.465 e. The van der Waals surface area contributed by atoms with E-state index >= 15 is 0 Å². The summed E-state index contributed by atoms with van der Waals surface area (Å²) in [6.07, 6.45) is -6.77. The number of carbonyl (C=O) groups is 1. The van der Waals surface area contributed by atoms with Gasteiger partial charge in [-0.3, -0.25) is 13.4 Å². The first-order valence-corrected chi connectivity index (χ1v) is 10.3. The van der Waals surface area contributed by atoms with E-state index in [1.807, 2.05) is 0 Å². The number of nitriles is 1. The molecule has 3 aliphatic heterocycles. The summed E-state index contributed by atoms with van der Waals surface area (Å²) in [5, 5.41) is 17.5. The van der Waals surface area contributed by atoms with Crippen LogP contribution in [0.4, 0.5) is 23.7 Å². The van der Waals surface area contributed by atoms with Gasteiger partial charge in [0.1, 0.15) is 5.25 Å². The van der Waals surface area contributed by atoms with Crippen molar-refractivity contribution in [3.8, 4) is 6.07 Å². The second kappa shape index (κ2) is 6.40. The lowest BCUT2D eigenvalue weighted by Crippen LogP contribution is -2.48. The molecule has 3 aliphatic rings. The Kier molecular flexibility index (Phi) is 4.43. The Morgan fingerprint density at radius 1 is 1.41 bits per heavy atom. The van der Waals surface area contributed by atoms with E-state index in [-0.39, 0.29) is 12.2 Å². The second-order valence-electron chi connectivity index (χ2n) is 7.43. The van der Waals surface area contributed by atoms with Crippen molar-refractivity contribution in [2.75, 3.05) is 17.9 Å². The van der Waals surface area contributed by atoms with Crippen molar-refractivity contribution in [3.63, 3.8) is 0 Å². The highest BCUT2D eigenvalue weighted by atomic mass is 32.3. The second-order valence-corrected chi connectivity index (χ2v) is 9.53. The average molecular weight is 433 g/mol. The third kappa shape index (κ3) is 2.92. The van der Waals surface area contributed by atoms with Crippen LogP contribution in [0.3, 0.4) is 0 Å². The van der Waals surface area contributed by atoms with E-state index in [1.165, 1.54) is 19.2 Å². The molecule has 1 aromatic carbocycles. The van der Waals surface area contributed by atoms with Crippen molar-refractivity contribution in [1.82, 2.24) is 4.90 Å². The van der Waals surface area contributed by atoms with Crippen molar-refractivity contribution in [2.24, 2.45) is 5.92 Å². The molecule has 12 heteroatoms. The molecule has 0 unspecified atom stereocenters. The quantitative estimate of drug-likeness (QED) is 0.656. The van der Waals surface area contributed by atoms with Crippen LogP contribution in [0.1, 0.15) is 17.5 Å². The van der Waals surface area contributed by atoms with Gasteiger partial charge in [0.2, 0.25) is 0 Å². The largest absolute Gasteiger partial charge is 0.465 e. The number of benzene rings is 1. The summed E-state index contributed by atoms with van der Waals surface area (Å²) < 4.78 is 68.6. The van der Waals surface area contributed by atoms with Crippen LogP contribution in [-0.2, 0) is 10.9 Å². The van der Waals surface area contributed by atoms with E-state index in [4.69, 9.17) is 10.00 Å². The van der Waals surface area contributed by atoms with Crippen molar-refractivity contribution >= 4 is 22.6 Å². The van der Waals surface area contributed by atoms with E-state index in [9.17, 15) is 32.2 Å². The molecule has 0 radical (unpaired) electrons. The summed E-state index contributed by atoms with van der Waals surface area (Å²) in [5.74, 6) is -0.435. The smallest absolute Gasteiger partial charge is 0.417 e. The molecule has 8 nitrogen and oxygen atoms in total. The van der Waals surface area contributed by atoms with E-state index in [0.717, 1.165) is 21.3 Å². The number of rotatable bonds is 2. The molecule has 0 saturated carbocycles. The van der Waals surface area contributed by atoms with Gasteiger partial charge < -0.3 is 14.7 Å². The lowest BCUT2D eigenvalue weighted by molar-refractivity contribution is -0.137. The minimum atomic E-state index is -4.77. The maximum atomic E-state index is 13.3. The summed E-state index contributed by atoms with van der Waals surface area (Å²) in [6.45, 7) is 0.0152. The number of likely N-dealkylation sites (N-methyl/N-ethyl adjacent to an activating group) is 1. The molecule has 3 N–H and O–H groups in total. The summed E-state index contributed by atoms with van der Waals surface area (Å²) in [6, 6.07) is 4.05. The molecule has 1 aromatic rings. The average Bonchev–Trinajstić information content (AvgIpc) is 3.29. The Morgan fingerprint density at radius 2 is 2.10 bits per heavy atom. The van der Waals surface area contributed by atoms with Crippen LogP contribution in [0.5, 0.6) is 0 Å². The highest BCUT2D eigenvalue weighted by Gasteiger charge is 2.65. The summed E-state index contributed by atoms with van der Waals surface area (Å²) >= 11 is 0. The van der Waals surface area contributed by atoms with Crippen molar-refractivity contribution in [1.29, 1.82) is 5.26 Å². The monoisotopic (exact) mass is 433 g/mol. The number of alkyl halides is 3. The maximum Gasteiger partial charge on any atom is 0.417 e. The Bertz CT molecular complexity index is 905. The van der Waals surface area contributed by atoms with Gasteiger partial charge in [0.25, 0.3) is 0 Å². The highest BCUT2D eigenvalue weighted by molar-refractivity contribution is 8.26.